The third kappa shape index (κ3) is 3.28. The highest BCUT2D eigenvalue weighted by atomic mass is 16.7. The largest absolute Gasteiger partial charge is 0.482 e. The van der Waals surface area contributed by atoms with Gasteiger partial charge in [-0.05, 0) is 12.1 Å². The van der Waals surface area contributed by atoms with Crippen molar-refractivity contribution in [3.63, 3.8) is 0 Å². The minimum atomic E-state index is -1.56. The molecule has 1 aliphatic rings. The van der Waals surface area contributed by atoms with E-state index in [0.29, 0.717) is 0 Å². The van der Waals surface area contributed by atoms with Crippen molar-refractivity contribution in [2.45, 2.75) is 30.7 Å². The zero-order chi connectivity index (χ0) is 15.6. The molecule has 116 valence electrons. The Morgan fingerprint density at radius 2 is 1.81 bits per heavy atom. The van der Waals surface area contributed by atoms with Gasteiger partial charge in [-0.25, -0.2) is 0 Å². The van der Waals surface area contributed by atoms with Crippen LogP contribution in [-0.2, 0) is 4.74 Å². The highest BCUT2D eigenvalue weighted by molar-refractivity contribution is 5.36. The Hall–Kier alpha value is -1.78. The fraction of sp³-hybridized carbons (Fsp3) is 0.500. The van der Waals surface area contributed by atoms with Crippen LogP contribution in [0.25, 0.3) is 0 Å². The Kier molecular flexibility index (Phi) is 4.70. The molecule has 1 fully saturated rings. The lowest BCUT2D eigenvalue weighted by atomic mass is 9.99. The van der Waals surface area contributed by atoms with Gasteiger partial charge in [-0.1, -0.05) is 0 Å². The smallest absolute Gasteiger partial charge is 0.269 e. The zero-order valence-corrected chi connectivity index (χ0v) is 10.8. The summed E-state index contributed by atoms with van der Waals surface area (Å²) in [6.07, 6.45) is -6.88. The van der Waals surface area contributed by atoms with Crippen LogP contribution >= 0.6 is 0 Å². The average Bonchev–Trinajstić information content (AvgIpc) is 2.47. The Balaban J connectivity index is 2.09. The number of aliphatic hydroxyl groups is 4. The average molecular weight is 301 g/mol. The van der Waals surface area contributed by atoms with Crippen molar-refractivity contribution >= 4 is 5.69 Å². The van der Waals surface area contributed by atoms with Crippen LogP contribution in [0.3, 0.4) is 0 Å². The first-order chi connectivity index (χ1) is 9.93. The van der Waals surface area contributed by atoms with Crippen LogP contribution in [0.5, 0.6) is 5.75 Å². The van der Waals surface area contributed by atoms with E-state index < -0.39 is 42.2 Å². The van der Waals surface area contributed by atoms with Crippen LogP contribution in [0, 0.1) is 10.1 Å². The summed E-state index contributed by atoms with van der Waals surface area (Å²) in [6, 6.07) is 4.99. The number of aliphatic hydroxyl groups excluding tert-OH is 4. The third-order valence-corrected chi connectivity index (χ3v) is 3.16. The number of ether oxygens (including phenoxy) is 2. The van der Waals surface area contributed by atoms with E-state index in [9.17, 15) is 25.4 Å². The summed E-state index contributed by atoms with van der Waals surface area (Å²) in [6.45, 7) is -0.570. The van der Waals surface area contributed by atoms with E-state index in [4.69, 9.17) is 14.6 Å². The predicted octanol–water partition coefficient (Wildman–Crippen LogP) is -1.23. The van der Waals surface area contributed by atoms with E-state index in [2.05, 4.69) is 0 Å². The molecule has 0 spiro atoms. The van der Waals surface area contributed by atoms with Crippen molar-refractivity contribution in [2.75, 3.05) is 6.61 Å². The second-order valence-corrected chi connectivity index (χ2v) is 4.56. The van der Waals surface area contributed by atoms with Gasteiger partial charge in [0.25, 0.3) is 5.69 Å². The molecule has 5 atom stereocenters. The molecule has 0 radical (unpaired) electrons. The van der Waals surface area contributed by atoms with Crippen LogP contribution in [0.2, 0.25) is 0 Å². The van der Waals surface area contributed by atoms with Gasteiger partial charge in [0.05, 0.1) is 11.5 Å². The molecule has 9 nitrogen and oxygen atoms in total. The second kappa shape index (κ2) is 6.33. The highest BCUT2D eigenvalue weighted by Gasteiger charge is 2.45. The lowest BCUT2D eigenvalue weighted by Crippen LogP contribution is -2.60. The molecule has 0 aliphatic carbocycles. The molecule has 0 bridgehead atoms. The maximum Gasteiger partial charge on any atom is 0.269 e. The minimum Gasteiger partial charge on any atom is -0.482 e. The number of nitro benzene ring substituents is 1. The maximum atomic E-state index is 10.5. The van der Waals surface area contributed by atoms with E-state index in [0.717, 1.165) is 0 Å². The Morgan fingerprint density at radius 1 is 1.19 bits per heavy atom. The molecule has 2 rings (SSSR count). The molecule has 0 unspecified atom stereocenters. The fourth-order valence-electron chi connectivity index (χ4n) is 2.00. The Bertz CT molecular complexity index is 493. The molecule has 9 heteroatoms. The van der Waals surface area contributed by atoms with Gasteiger partial charge >= 0.3 is 0 Å². The summed E-state index contributed by atoms with van der Waals surface area (Å²) in [5, 5.41) is 48.8. The van der Waals surface area contributed by atoms with Crippen molar-refractivity contribution in [3.05, 3.63) is 34.4 Å². The van der Waals surface area contributed by atoms with Crippen LogP contribution < -0.4 is 4.74 Å². The fourth-order valence-corrected chi connectivity index (χ4v) is 2.00. The molecule has 1 heterocycles. The van der Waals surface area contributed by atoms with Crippen molar-refractivity contribution in [1.82, 2.24) is 0 Å². The summed E-state index contributed by atoms with van der Waals surface area (Å²) in [7, 11) is 0. The lowest BCUT2D eigenvalue weighted by Gasteiger charge is -2.39. The van der Waals surface area contributed by atoms with E-state index in [1.807, 2.05) is 0 Å². The van der Waals surface area contributed by atoms with Gasteiger partial charge in [0.1, 0.15) is 24.1 Å². The molecule has 21 heavy (non-hydrogen) atoms. The molecule has 0 saturated carbocycles. The third-order valence-electron chi connectivity index (χ3n) is 3.16. The normalized spacial score (nSPS) is 32.7. The van der Waals surface area contributed by atoms with Gasteiger partial charge in [-0.3, -0.25) is 10.1 Å². The van der Waals surface area contributed by atoms with E-state index >= 15 is 0 Å². The van der Waals surface area contributed by atoms with Crippen LogP contribution in [0.15, 0.2) is 24.3 Å². The molecule has 1 saturated heterocycles. The number of rotatable bonds is 4. The van der Waals surface area contributed by atoms with Gasteiger partial charge in [0.15, 0.2) is 12.4 Å². The number of benzene rings is 1. The standard InChI is InChI=1S/C12H15NO8/c14-5-8-9(15)10(16)11(12(17)21-8)20-7-3-1-6(2-4-7)13(18)19/h1-4,8-12,14-17H,5H2/t8-,9+,10+,11-,12+/m1/s1. The molecule has 1 aromatic rings. The number of nitro groups is 1. The van der Waals surface area contributed by atoms with Crippen molar-refractivity contribution in [3.8, 4) is 5.75 Å². The summed E-state index contributed by atoms with van der Waals surface area (Å²) in [5.74, 6) is 0.155. The van der Waals surface area contributed by atoms with E-state index in [1.165, 1.54) is 24.3 Å². The molecule has 0 aromatic heterocycles. The van der Waals surface area contributed by atoms with Crippen LogP contribution in [0.1, 0.15) is 0 Å². The predicted molar refractivity (Wildman–Crippen MR) is 67.5 cm³/mol. The van der Waals surface area contributed by atoms with Gasteiger partial charge in [0.2, 0.25) is 0 Å². The monoisotopic (exact) mass is 301 g/mol. The maximum absolute atomic E-state index is 10.5. The minimum absolute atomic E-state index is 0.135. The van der Waals surface area contributed by atoms with Crippen LogP contribution in [0.4, 0.5) is 5.69 Å². The van der Waals surface area contributed by atoms with Crippen LogP contribution in [-0.4, -0.2) is 62.7 Å². The van der Waals surface area contributed by atoms with E-state index in [-0.39, 0.29) is 11.4 Å². The molecule has 1 aromatic carbocycles. The topological polar surface area (TPSA) is 143 Å². The molecule has 1 aliphatic heterocycles. The first-order valence-corrected chi connectivity index (χ1v) is 6.15. The quantitative estimate of drug-likeness (QED) is 0.400. The van der Waals surface area contributed by atoms with Gasteiger partial charge in [0, 0.05) is 12.1 Å². The zero-order valence-electron chi connectivity index (χ0n) is 10.8. The Labute approximate surface area is 119 Å². The summed E-state index contributed by atoms with van der Waals surface area (Å²) in [4.78, 5) is 9.95. The van der Waals surface area contributed by atoms with Gasteiger partial charge < -0.3 is 29.9 Å². The summed E-state index contributed by atoms with van der Waals surface area (Å²) < 4.78 is 10.2. The second-order valence-electron chi connectivity index (χ2n) is 4.56. The molecular formula is C12H15NO8. The van der Waals surface area contributed by atoms with Gasteiger partial charge in [-0.15, -0.1) is 0 Å². The highest BCUT2D eigenvalue weighted by Crippen LogP contribution is 2.25. The lowest BCUT2D eigenvalue weighted by molar-refractivity contribution is -0.384. The van der Waals surface area contributed by atoms with Crippen molar-refractivity contribution in [2.24, 2.45) is 0 Å². The first-order valence-electron chi connectivity index (χ1n) is 6.15. The SMILES string of the molecule is O=[N+]([O-])c1ccc(O[C@@H]2[C@@H](O)[C@@H](O)[C@@H](CO)O[C@@H]2O)cc1. The summed E-state index contributed by atoms with van der Waals surface area (Å²) in [5.41, 5.74) is -0.135. The van der Waals surface area contributed by atoms with E-state index in [1.54, 1.807) is 0 Å². The van der Waals surface area contributed by atoms with Gasteiger partial charge in [-0.2, -0.15) is 0 Å². The van der Waals surface area contributed by atoms with Crippen molar-refractivity contribution in [1.29, 1.82) is 0 Å². The number of nitrogens with zero attached hydrogens (tertiary/aromatic N) is 1. The molecule has 0 amide bonds. The number of non-ortho nitro benzene ring substituents is 1. The molecular weight excluding hydrogens is 286 g/mol. The molecule has 4 N–H and O–H groups in total. The Morgan fingerprint density at radius 3 is 2.33 bits per heavy atom. The first kappa shape index (κ1) is 15.6. The number of hydrogen-bond acceptors (Lipinski definition) is 8. The summed E-state index contributed by atoms with van der Waals surface area (Å²) >= 11 is 0. The van der Waals surface area contributed by atoms with Crippen molar-refractivity contribution < 1.29 is 34.8 Å². The number of hydrogen-bond donors (Lipinski definition) is 4.